The third-order valence-corrected chi connectivity index (χ3v) is 3.80. The van der Waals surface area contributed by atoms with Crippen molar-refractivity contribution in [1.82, 2.24) is 0 Å². The average Bonchev–Trinajstić information content (AvgIpc) is 2.62. The number of benzene rings is 3. The Kier molecular flexibility index (Phi) is 5.22. The van der Waals surface area contributed by atoms with Gasteiger partial charge in [0.1, 0.15) is 35.3 Å². The Hall–Kier alpha value is -3.16. The molecule has 3 aromatic carbocycles. The van der Waals surface area contributed by atoms with Crippen LogP contribution in [-0.2, 0) is 6.11 Å². The van der Waals surface area contributed by atoms with Crippen molar-refractivity contribution >= 4 is 10.8 Å². The standard InChI is InChI=1S/C20H12F6O2/c1-2-7-27-13-9-16(22)18(17(23)10-13)20(25,26)28-12-4-5-14-11(8-12)3-6-15(21)19(14)24/h2-6,8-10H,1,7H2. The number of ether oxygens (including phenoxy) is 2. The first-order chi connectivity index (χ1) is 13.2. The van der Waals surface area contributed by atoms with E-state index in [1.807, 2.05) is 0 Å². The fraction of sp³-hybridized carbons (Fsp3) is 0.100. The Balaban J connectivity index is 1.94. The molecule has 0 saturated heterocycles. The van der Waals surface area contributed by atoms with Crippen LogP contribution in [0, 0.1) is 23.3 Å². The highest BCUT2D eigenvalue weighted by Gasteiger charge is 2.41. The van der Waals surface area contributed by atoms with E-state index in [0.717, 1.165) is 30.3 Å². The minimum atomic E-state index is -4.38. The van der Waals surface area contributed by atoms with Crippen LogP contribution in [0.4, 0.5) is 26.3 Å². The summed E-state index contributed by atoms with van der Waals surface area (Å²) in [4.78, 5) is 0. The summed E-state index contributed by atoms with van der Waals surface area (Å²) < 4.78 is 93.3. The minimum absolute atomic E-state index is 0.0701. The molecule has 0 N–H and O–H groups in total. The van der Waals surface area contributed by atoms with Crippen LogP contribution in [0.15, 0.2) is 55.1 Å². The molecule has 0 fully saturated rings. The monoisotopic (exact) mass is 398 g/mol. The predicted molar refractivity (Wildman–Crippen MR) is 90.4 cm³/mol. The fourth-order valence-electron chi connectivity index (χ4n) is 2.57. The smallest absolute Gasteiger partial charge is 0.432 e. The number of hydrogen-bond acceptors (Lipinski definition) is 2. The molecule has 146 valence electrons. The molecular weight excluding hydrogens is 386 g/mol. The van der Waals surface area contributed by atoms with E-state index in [-0.39, 0.29) is 23.1 Å². The highest BCUT2D eigenvalue weighted by molar-refractivity contribution is 5.84. The van der Waals surface area contributed by atoms with Crippen molar-refractivity contribution in [2.75, 3.05) is 6.61 Å². The number of halogens is 6. The van der Waals surface area contributed by atoms with E-state index < -0.39 is 40.7 Å². The van der Waals surface area contributed by atoms with Crippen LogP contribution < -0.4 is 9.47 Å². The number of hydrogen-bond donors (Lipinski definition) is 0. The largest absolute Gasteiger partial charge is 0.489 e. The lowest BCUT2D eigenvalue weighted by Crippen LogP contribution is -2.25. The molecule has 28 heavy (non-hydrogen) atoms. The summed E-state index contributed by atoms with van der Waals surface area (Å²) in [5.41, 5.74) is -1.61. The summed E-state index contributed by atoms with van der Waals surface area (Å²) in [6, 6.07) is 6.14. The summed E-state index contributed by atoms with van der Waals surface area (Å²) in [5.74, 6) is -6.18. The number of fused-ring (bicyclic) bond motifs is 1. The third-order valence-electron chi connectivity index (χ3n) is 3.80. The first-order valence-electron chi connectivity index (χ1n) is 7.90. The first-order valence-corrected chi connectivity index (χ1v) is 7.90. The zero-order chi connectivity index (χ0) is 20.5. The topological polar surface area (TPSA) is 18.5 Å². The van der Waals surface area contributed by atoms with Gasteiger partial charge in [-0.25, -0.2) is 17.6 Å². The minimum Gasteiger partial charge on any atom is -0.489 e. The second-order valence-corrected chi connectivity index (χ2v) is 5.72. The van der Waals surface area contributed by atoms with Crippen molar-refractivity contribution in [2.45, 2.75) is 6.11 Å². The van der Waals surface area contributed by atoms with Crippen LogP contribution in [0.2, 0.25) is 0 Å². The SMILES string of the molecule is C=CCOc1cc(F)c(C(F)(F)Oc2ccc3c(F)c(F)ccc3c2)c(F)c1. The molecule has 3 rings (SSSR count). The Morgan fingerprint density at radius 2 is 1.54 bits per heavy atom. The Bertz CT molecular complexity index is 1030. The van der Waals surface area contributed by atoms with E-state index in [0.29, 0.717) is 12.1 Å². The van der Waals surface area contributed by atoms with Gasteiger partial charge in [-0.1, -0.05) is 18.7 Å². The normalized spacial score (nSPS) is 11.5. The van der Waals surface area contributed by atoms with E-state index >= 15 is 0 Å². The molecule has 0 aliphatic heterocycles. The summed E-state index contributed by atoms with van der Waals surface area (Å²) in [5, 5.41) is -0.0851. The molecule has 8 heteroatoms. The maximum absolute atomic E-state index is 14.4. The van der Waals surface area contributed by atoms with Gasteiger partial charge >= 0.3 is 6.11 Å². The van der Waals surface area contributed by atoms with Crippen molar-refractivity contribution in [1.29, 1.82) is 0 Å². The molecule has 2 nitrogen and oxygen atoms in total. The molecule has 0 amide bonds. The zero-order valence-corrected chi connectivity index (χ0v) is 14.1. The van der Waals surface area contributed by atoms with Gasteiger partial charge in [0.2, 0.25) is 0 Å². The van der Waals surface area contributed by atoms with Crippen molar-refractivity contribution < 1.29 is 35.8 Å². The van der Waals surface area contributed by atoms with Crippen LogP contribution in [-0.4, -0.2) is 6.61 Å². The quantitative estimate of drug-likeness (QED) is 0.370. The Labute approximate surface area is 155 Å². The summed E-state index contributed by atoms with van der Waals surface area (Å²) in [6.45, 7) is 3.29. The van der Waals surface area contributed by atoms with Crippen LogP contribution in [0.1, 0.15) is 5.56 Å². The van der Waals surface area contributed by atoms with Gasteiger partial charge in [0, 0.05) is 17.5 Å². The highest BCUT2D eigenvalue weighted by Crippen LogP contribution is 2.37. The summed E-state index contributed by atoms with van der Waals surface area (Å²) in [7, 11) is 0. The fourth-order valence-corrected chi connectivity index (χ4v) is 2.57. The van der Waals surface area contributed by atoms with E-state index in [2.05, 4.69) is 11.3 Å². The van der Waals surface area contributed by atoms with Gasteiger partial charge in [-0.05, 0) is 29.7 Å². The molecule has 0 saturated carbocycles. The molecule has 0 aromatic heterocycles. The van der Waals surface area contributed by atoms with Crippen molar-refractivity contribution in [2.24, 2.45) is 0 Å². The maximum atomic E-state index is 14.4. The Morgan fingerprint density at radius 1 is 0.857 bits per heavy atom. The molecule has 0 radical (unpaired) electrons. The molecule has 0 atom stereocenters. The first kappa shape index (κ1) is 19.6. The summed E-state index contributed by atoms with van der Waals surface area (Å²) in [6.07, 6.45) is -3.06. The molecule has 0 unspecified atom stereocenters. The lowest BCUT2D eigenvalue weighted by atomic mass is 10.1. The second kappa shape index (κ2) is 7.46. The van der Waals surface area contributed by atoms with Gasteiger partial charge in [0.25, 0.3) is 0 Å². The molecule has 0 aliphatic rings. The van der Waals surface area contributed by atoms with E-state index in [1.165, 1.54) is 6.08 Å². The molecule has 0 bridgehead atoms. The summed E-state index contributed by atoms with van der Waals surface area (Å²) >= 11 is 0. The van der Waals surface area contributed by atoms with Crippen LogP contribution in [0.3, 0.4) is 0 Å². The highest BCUT2D eigenvalue weighted by atomic mass is 19.3. The molecule has 0 heterocycles. The lowest BCUT2D eigenvalue weighted by molar-refractivity contribution is -0.189. The van der Waals surface area contributed by atoms with Crippen LogP contribution in [0.5, 0.6) is 11.5 Å². The van der Waals surface area contributed by atoms with Gasteiger partial charge in [-0.15, -0.1) is 0 Å². The molecule has 3 aromatic rings. The number of rotatable bonds is 6. The lowest BCUT2D eigenvalue weighted by Gasteiger charge is -2.20. The molecular formula is C20H12F6O2. The van der Waals surface area contributed by atoms with E-state index in [1.54, 1.807) is 0 Å². The van der Waals surface area contributed by atoms with Gasteiger partial charge in [-0.2, -0.15) is 8.78 Å². The average molecular weight is 398 g/mol. The molecule has 0 aliphatic carbocycles. The van der Waals surface area contributed by atoms with Gasteiger partial charge in [0.05, 0.1) is 0 Å². The van der Waals surface area contributed by atoms with Crippen molar-refractivity contribution in [3.63, 3.8) is 0 Å². The van der Waals surface area contributed by atoms with Crippen LogP contribution >= 0.6 is 0 Å². The second-order valence-electron chi connectivity index (χ2n) is 5.72. The molecule has 0 spiro atoms. The Morgan fingerprint density at radius 3 is 2.18 bits per heavy atom. The van der Waals surface area contributed by atoms with Crippen molar-refractivity contribution in [3.05, 3.63) is 84.0 Å². The van der Waals surface area contributed by atoms with Gasteiger partial charge in [0.15, 0.2) is 11.6 Å². The van der Waals surface area contributed by atoms with E-state index in [9.17, 15) is 26.3 Å². The predicted octanol–water partition coefficient (Wildman–Crippen LogP) is 6.09. The van der Waals surface area contributed by atoms with Gasteiger partial charge < -0.3 is 9.47 Å². The number of alkyl halides is 2. The zero-order valence-electron chi connectivity index (χ0n) is 14.1. The third kappa shape index (κ3) is 3.76. The van der Waals surface area contributed by atoms with Gasteiger partial charge in [-0.3, -0.25) is 0 Å². The van der Waals surface area contributed by atoms with E-state index in [4.69, 9.17) is 4.74 Å². The maximum Gasteiger partial charge on any atom is 0.432 e. The van der Waals surface area contributed by atoms with Crippen LogP contribution in [0.25, 0.3) is 10.8 Å². The van der Waals surface area contributed by atoms with Crippen molar-refractivity contribution in [3.8, 4) is 11.5 Å².